The monoisotopic (exact) mass is 337 g/mol. The van der Waals surface area contributed by atoms with Crippen LogP contribution >= 0.6 is 0 Å². The molecular formula is C19H19F4N. The van der Waals surface area contributed by atoms with E-state index < -0.39 is 17.9 Å². The van der Waals surface area contributed by atoms with Crippen LogP contribution < -0.4 is 5.73 Å². The second-order valence-corrected chi connectivity index (χ2v) is 5.85. The summed E-state index contributed by atoms with van der Waals surface area (Å²) in [6.45, 7) is 3.56. The molecule has 0 saturated heterocycles. The third-order valence-corrected chi connectivity index (χ3v) is 3.73. The van der Waals surface area contributed by atoms with E-state index in [1.807, 2.05) is 6.07 Å². The molecular weight excluding hydrogens is 318 g/mol. The molecule has 0 saturated carbocycles. The molecule has 5 heteroatoms. The maximum atomic E-state index is 13.7. The van der Waals surface area contributed by atoms with Gasteiger partial charge < -0.3 is 5.73 Å². The first kappa shape index (κ1) is 18.2. The first-order valence-corrected chi connectivity index (χ1v) is 7.52. The molecule has 128 valence electrons. The van der Waals surface area contributed by atoms with E-state index in [1.165, 1.54) is 30.3 Å². The molecule has 24 heavy (non-hydrogen) atoms. The average molecular weight is 337 g/mol. The average Bonchev–Trinajstić information content (AvgIpc) is 2.45. The fourth-order valence-corrected chi connectivity index (χ4v) is 2.64. The molecule has 1 nitrogen and oxygen atoms in total. The van der Waals surface area contributed by atoms with Gasteiger partial charge in [-0.3, -0.25) is 0 Å². The highest BCUT2D eigenvalue weighted by atomic mass is 19.4. The van der Waals surface area contributed by atoms with Gasteiger partial charge in [-0.2, -0.15) is 13.2 Å². The number of allylic oxidation sites excluding steroid dienone is 1. The Kier molecular flexibility index (Phi) is 5.44. The Bertz CT molecular complexity index is 727. The Morgan fingerprint density at radius 1 is 1.04 bits per heavy atom. The Balaban J connectivity index is 2.38. The molecule has 1 atom stereocenters. The van der Waals surface area contributed by atoms with Gasteiger partial charge in [-0.1, -0.05) is 53.6 Å². The van der Waals surface area contributed by atoms with E-state index in [1.54, 1.807) is 19.9 Å². The summed E-state index contributed by atoms with van der Waals surface area (Å²) in [6, 6.07) is 9.08. The summed E-state index contributed by atoms with van der Waals surface area (Å²) >= 11 is 0. The third kappa shape index (κ3) is 4.45. The number of hydrogen-bond donors (Lipinski definition) is 1. The van der Waals surface area contributed by atoms with Gasteiger partial charge in [0.1, 0.15) is 5.82 Å². The molecule has 0 spiro atoms. The van der Waals surface area contributed by atoms with Gasteiger partial charge in [0.25, 0.3) is 0 Å². The smallest absolute Gasteiger partial charge is 0.326 e. The quantitative estimate of drug-likeness (QED) is 0.757. The maximum Gasteiger partial charge on any atom is 0.399 e. The zero-order valence-corrected chi connectivity index (χ0v) is 13.5. The lowest BCUT2D eigenvalue weighted by Crippen LogP contribution is -2.19. The minimum Gasteiger partial charge on any atom is -0.326 e. The topological polar surface area (TPSA) is 26.0 Å². The van der Waals surface area contributed by atoms with Gasteiger partial charge in [0.2, 0.25) is 0 Å². The molecule has 0 heterocycles. The summed E-state index contributed by atoms with van der Waals surface area (Å²) in [4.78, 5) is 0. The van der Waals surface area contributed by atoms with Crippen LogP contribution in [0.15, 0.2) is 42.5 Å². The maximum absolute atomic E-state index is 13.7. The van der Waals surface area contributed by atoms with Gasteiger partial charge in [0.15, 0.2) is 0 Å². The van der Waals surface area contributed by atoms with E-state index in [4.69, 9.17) is 5.73 Å². The molecule has 0 aromatic heterocycles. The first-order chi connectivity index (χ1) is 11.2. The van der Waals surface area contributed by atoms with Crippen molar-refractivity contribution >= 4 is 6.08 Å². The molecule has 0 aliphatic carbocycles. The Labute approximate surface area is 138 Å². The minimum absolute atomic E-state index is 0.0452. The van der Waals surface area contributed by atoms with Crippen molar-refractivity contribution in [2.45, 2.75) is 32.5 Å². The van der Waals surface area contributed by atoms with Crippen LogP contribution in [0.3, 0.4) is 0 Å². The van der Waals surface area contributed by atoms with Crippen LogP contribution in [-0.2, 0) is 6.54 Å². The molecule has 2 aromatic rings. The molecule has 0 aliphatic rings. The van der Waals surface area contributed by atoms with E-state index in [-0.39, 0.29) is 12.1 Å². The van der Waals surface area contributed by atoms with Gasteiger partial charge in [-0.25, -0.2) is 4.39 Å². The van der Waals surface area contributed by atoms with Crippen LogP contribution in [0.2, 0.25) is 0 Å². The van der Waals surface area contributed by atoms with E-state index in [2.05, 4.69) is 0 Å². The van der Waals surface area contributed by atoms with Crippen molar-refractivity contribution in [1.29, 1.82) is 0 Å². The van der Waals surface area contributed by atoms with E-state index in [0.29, 0.717) is 11.1 Å². The molecule has 0 fully saturated rings. The van der Waals surface area contributed by atoms with Crippen molar-refractivity contribution in [1.82, 2.24) is 0 Å². The fraction of sp³-hybridized carbons (Fsp3) is 0.263. The predicted octanol–water partition coefficient (Wildman–Crippen LogP) is 5.26. The fourth-order valence-electron chi connectivity index (χ4n) is 2.64. The van der Waals surface area contributed by atoms with Gasteiger partial charge in [0.05, 0.1) is 5.92 Å². The summed E-state index contributed by atoms with van der Waals surface area (Å²) in [5, 5.41) is 0. The lowest BCUT2D eigenvalue weighted by atomic mass is 9.94. The van der Waals surface area contributed by atoms with Crippen LogP contribution in [0, 0.1) is 19.7 Å². The highest BCUT2D eigenvalue weighted by molar-refractivity contribution is 5.52. The van der Waals surface area contributed by atoms with Crippen LogP contribution in [0.25, 0.3) is 6.08 Å². The van der Waals surface area contributed by atoms with Crippen LogP contribution in [0.5, 0.6) is 0 Å². The van der Waals surface area contributed by atoms with Gasteiger partial charge in [-0.15, -0.1) is 0 Å². The second kappa shape index (κ2) is 7.18. The highest BCUT2D eigenvalue weighted by Gasteiger charge is 2.39. The van der Waals surface area contributed by atoms with Crippen LogP contribution in [-0.4, -0.2) is 6.18 Å². The van der Waals surface area contributed by atoms with Gasteiger partial charge >= 0.3 is 6.18 Å². The first-order valence-electron chi connectivity index (χ1n) is 7.52. The van der Waals surface area contributed by atoms with E-state index in [9.17, 15) is 17.6 Å². The van der Waals surface area contributed by atoms with Crippen molar-refractivity contribution in [2.75, 3.05) is 0 Å². The van der Waals surface area contributed by atoms with Crippen molar-refractivity contribution in [3.63, 3.8) is 0 Å². The number of hydrogen-bond acceptors (Lipinski definition) is 1. The molecule has 2 aromatic carbocycles. The predicted molar refractivity (Wildman–Crippen MR) is 88.0 cm³/mol. The Morgan fingerprint density at radius 2 is 1.67 bits per heavy atom. The molecule has 0 radical (unpaired) electrons. The molecule has 1 unspecified atom stereocenters. The summed E-state index contributed by atoms with van der Waals surface area (Å²) in [7, 11) is 0. The molecule has 0 bridgehead atoms. The van der Waals surface area contributed by atoms with Crippen molar-refractivity contribution in [3.05, 3.63) is 76.1 Å². The molecule has 0 amide bonds. The third-order valence-electron chi connectivity index (χ3n) is 3.73. The number of alkyl halides is 3. The van der Waals surface area contributed by atoms with Crippen molar-refractivity contribution in [3.8, 4) is 0 Å². The van der Waals surface area contributed by atoms with Crippen molar-refractivity contribution < 1.29 is 17.6 Å². The SMILES string of the molecule is Cc1cc(C)cc(C(/C=C/c2ccc(CN)c(F)c2)C(F)(F)F)c1. The zero-order valence-electron chi connectivity index (χ0n) is 13.5. The van der Waals surface area contributed by atoms with Crippen LogP contribution in [0.1, 0.15) is 33.7 Å². The van der Waals surface area contributed by atoms with E-state index in [0.717, 1.165) is 17.2 Å². The summed E-state index contributed by atoms with van der Waals surface area (Å²) in [5.41, 5.74) is 7.78. The summed E-state index contributed by atoms with van der Waals surface area (Å²) in [6.07, 6.45) is -2.07. The summed E-state index contributed by atoms with van der Waals surface area (Å²) < 4.78 is 54.0. The number of nitrogens with two attached hydrogens (primary N) is 1. The normalized spacial score (nSPS) is 13.5. The number of rotatable bonds is 4. The number of benzene rings is 2. The molecule has 2 N–H and O–H groups in total. The van der Waals surface area contributed by atoms with Gasteiger partial charge in [0, 0.05) is 12.1 Å². The van der Waals surface area contributed by atoms with E-state index >= 15 is 0 Å². The van der Waals surface area contributed by atoms with Crippen LogP contribution in [0.4, 0.5) is 17.6 Å². The Morgan fingerprint density at radius 3 is 2.17 bits per heavy atom. The Hall–Kier alpha value is -2.14. The summed E-state index contributed by atoms with van der Waals surface area (Å²) in [5.74, 6) is -2.26. The lowest BCUT2D eigenvalue weighted by Gasteiger charge is -2.18. The molecule has 0 aliphatic heterocycles. The number of aryl methyl sites for hydroxylation is 2. The lowest BCUT2D eigenvalue weighted by molar-refractivity contribution is -0.139. The molecule has 2 rings (SSSR count). The van der Waals surface area contributed by atoms with Crippen molar-refractivity contribution in [2.24, 2.45) is 5.73 Å². The minimum atomic E-state index is -4.42. The standard InChI is InChI=1S/C19H19F4N/c1-12-7-13(2)9-16(8-12)17(19(21,22)23)6-4-14-3-5-15(11-24)18(20)10-14/h3-10,17H,11,24H2,1-2H3/b6-4+. The largest absolute Gasteiger partial charge is 0.399 e. The van der Waals surface area contributed by atoms with Gasteiger partial charge in [-0.05, 0) is 31.0 Å². The zero-order chi connectivity index (χ0) is 17.9. The second-order valence-electron chi connectivity index (χ2n) is 5.85. The highest BCUT2D eigenvalue weighted by Crippen LogP contribution is 2.37. The number of halogens is 4.